The number of amides is 1. The minimum absolute atomic E-state index is 0.0458. The number of hydrogen-bond donors (Lipinski definition) is 4. The summed E-state index contributed by atoms with van der Waals surface area (Å²) in [6.45, 7) is 2.97. The number of nitrogens with zero attached hydrogens (tertiary/aromatic N) is 1. The maximum Gasteiger partial charge on any atom is 0.292 e. The van der Waals surface area contributed by atoms with Crippen LogP contribution in [0.4, 0.5) is 18.9 Å². The molecule has 1 heterocycles. The molecule has 0 spiro atoms. The van der Waals surface area contributed by atoms with Crippen LogP contribution in [0.25, 0.3) is 0 Å². The predicted octanol–water partition coefficient (Wildman–Crippen LogP) is 2.39. The summed E-state index contributed by atoms with van der Waals surface area (Å²) in [7, 11) is 0. The number of pyridine rings is 1. The van der Waals surface area contributed by atoms with Gasteiger partial charge in [-0.3, -0.25) is 4.79 Å². The summed E-state index contributed by atoms with van der Waals surface area (Å²) < 4.78 is 41.5. The van der Waals surface area contributed by atoms with Crippen LogP contribution in [0, 0.1) is 0 Å². The van der Waals surface area contributed by atoms with Crippen molar-refractivity contribution in [1.29, 1.82) is 0 Å². The first-order chi connectivity index (χ1) is 11.6. The average molecular weight is 398 g/mol. The zero-order chi connectivity index (χ0) is 20.3. The van der Waals surface area contributed by atoms with Gasteiger partial charge < -0.3 is 20.8 Å². The molecule has 0 aliphatic rings. The SMILES string of the molecule is CC(C)(O)[C@H](F)CNC(=O)c1cnc(Cl)cc1NCC(F)(F)C(C)(C)O. The molecule has 10 heteroatoms. The van der Waals surface area contributed by atoms with E-state index in [1.165, 1.54) is 19.9 Å². The lowest BCUT2D eigenvalue weighted by Gasteiger charge is -2.29. The van der Waals surface area contributed by atoms with E-state index >= 15 is 0 Å². The van der Waals surface area contributed by atoms with E-state index in [0.717, 1.165) is 20.0 Å². The number of hydrogen-bond acceptors (Lipinski definition) is 5. The van der Waals surface area contributed by atoms with Crippen LogP contribution in [-0.4, -0.2) is 57.5 Å². The Labute approximate surface area is 154 Å². The number of aliphatic hydroxyl groups is 2. The van der Waals surface area contributed by atoms with Crippen LogP contribution in [-0.2, 0) is 0 Å². The van der Waals surface area contributed by atoms with Gasteiger partial charge in [0.15, 0.2) is 0 Å². The van der Waals surface area contributed by atoms with Crippen molar-refractivity contribution in [2.45, 2.75) is 51.0 Å². The molecule has 0 radical (unpaired) electrons. The third-order valence-corrected chi connectivity index (χ3v) is 3.93. The Morgan fingerprint density at radius 3 is 2.38 bits per heavy atom. The highest BCUT2D eigenvalue weighted by Gasteiger charge is 2.45. The smallest absolute Gasteiger partial charge is 0.292 e. The topological polar surface area (TPSA) is 94.5 Å². The van der Waals surface area contributed by atoms with Crippen molar-refractivity contribution in [2.75, 3.05) is 18.4 Å². The molecule has 1 rings (SSSR count). The third kappa shape index (κ3) is 6.00. The van der Waals surface area contributed by atoms with Crippen molar-refractivity contribution in [3.05, 3.63) is 23.0 Å². The fourth-order valence-electron chi connectivity index (χ4n) is 1.71. The molecule has 0 aliphatic carbocycles. The number of halogens is 4. The molecule has 0 aromatic carbocycles. The number of aromatic nitrogens is 1. The van der Waals surface area contributed by atoms with Crippen LogP contribution in [0.15, 0.2) is 12.3 Å². The normalized spacial score (nSPS) is 14.1. The van der Waals surface area contributed by atoms with Crippen molar-refractivity contribution in [2.24, 2.45) is 0 Å². The Hall–Kier alpha value is -1.58. The van der Waals surface area contributed by atoms with Crippen LogP contribution in [0.2, 0.25) is 5.15 Å². The molecule has 4 N–H and O–H groups in total. The minimum Gasteiger partial charge on any atom is -0.387 e. The minimum atomic E-state index is -3.50. The van der Waals surface area contributed by atoms with Gasteiger partial charge in [0.2, 0.25) is 0 Å². The summed E-state index contributed by atoms with van der Waals surface area (Å²) in [4.78, 5) is 15.9. The second kappa shape index (κ2) is 7.98. The van der Waals surface area contributed by atoms with Gasteiger partial charge in [-0.15, -0.1) is 0 Å². The maximum atomic E-state index is 13.9. The molecule has 0 bridgehead atoms. The van der Waals surface area contributed by atoms with Crippen LogP contribution >= 0.6 is 11.6 Å². The van der Waals surface area contributed by atoms with Gasteiger partial charge in [0.05, 0.1) is 29.9 Å². The molecule has 26 heavy (non-hydrogen) atoms. The highest BCUT2D eigenvalue weighted by Crippen LogP contribution is 2.29. The number of nitrogens with one attached hydrogen (secondary N) is 2. The second-order valence-corrected chi connectivity index (χ2v) is 7.39. The van der Waals surface area contributed by atoms with Crippen molar-refractivity contribution >= 4 is 23.2 Å². The molecule has 1 amide bonds. The zero-order valence-electron chi connectivity index (χ0n) is 14.9. The van der Waals surface area contributed by atoms with Crippen LogP contribution < -0.4 is 10.6 Å². The molecule has 1 aromatic rings. The van der Waals surface area contributed by atoms with Gasteiger partial charge in [0, 0.05) is 6.20 Å². The van der Waals surface area contributed by atoms with E-state index in [1.54, 1.807) is 0 Å². The summed E-state index contributed by atoms with van der Waals surface area (Å²) in [5, 5.41) is 23.6. The number of carbonyl (C=O) groups excluding carboxylic acids is 1. The first-order valence-electron chi connectivity index (χ1n) is 7.79. The Morgan fingerprint density at radius 1 is 1.31 bits per heavy atom. The van der Waals surface area contributed by atoms with Gasteiger partial charge in [-0.25, -0.2) is 18.2 Å². The van der Waals surface area contributed by atoms with Gasteiger partial charge in [-0.1, -0.05) is 11.6 Å². The van der Waals surface area contributed by atoms with Crippen LogP contribution in [0.3, 0.4) is 0 Å². The van der Waals surface area contributed by atoms with E-state index in [2.05, 4.69) is 15.6 Å². The van der Waals surface area contributed by atoms with Crippen molar-refractivity contribution in [3.63, 3.8) is 0 Å². The van der Waals surface area contributed by atoms with Gasteiger partial charge in [-0.2, -0.15) is 0 Å². The summed E-state index contributed by atoms with van der Waals surface area (Å²) in [5.41, 5.74) is -4.12. The zero-order valence-corrected chi connectivity index (χ0v) is 15.7. The molecule has 1 atom stereocenters. The van der Waals surface area contributed by atoms with Crippen LogP contribution in [0.1, 0.15) is 38.1 Å². The number of alkyl halides is 3. The van der Waals surface area contributed by atoms with E-state index in [-0.39, 0.29) is 16.4 Å². The van der Waals surface area contributed by atoms with Crippen molar-refractivity contribution < 1.29 is 28.2 Å². The molecule has 0 unspecified atom stereocenters. The lowest BCUT2D eigenvalue weighted by atomic mass is 10.0. The largest absolute Gasteiger partial charge is 0.387 e. The second-order valence-electron chi connectivity index (χ2n) is 7.00. The highest BCUT2D eigenvalue weighted by molar-refractivity contribution is 6.29. The Balaban J connectivity index is 2.92. The molecular formula is C16H23ClF3N3O3. The molecule has 0 fully saturated rings. The first-order valence-corrected chi connectivity index (χ1v) is 8.17. The fraction of sp³-hybridized carbons (Fsp3) is 0.625. The molecule has 1 aromatic heterocycles. The summed E-state index contributed by atoms with van der Waals surface area (Å²) >= 11 is 5.74. The van der Waals surface area contributed by atoms with Gasteiger partial charge in [-0.05, 0) is 33.8 Å². The van der Waals surface area contributed by atoms with Crippen molar-refractivity contribution in [1.82, 2.24) is 10.3 Å². The predicted molar refractivity (Wildman–Crippen MR) is 92.5 cm³/mol. The standard InChI is InChI=1S/C16H23ClF3N3O3/c1-14(2,25)11(18)7-22-13(24)9-6-21-12(17)5-10(9)23-8-16(19,20)15(3,4)26/h5-6,11,25-26H,7-8H2,1-4H3,(H,21,23)(H,22,24)/t11-/m1/s1. The van der Waals surface area contributed by atoms with Gasteiger partial charge >= 0.3 is 0 Å². The number of rotatable bonds is 8. The van der Waals surface area contributed by atoms with E-state index < -0.39 is 42.3 Å². The van der Waals surface area contributed by atoms with E-state index in [9.17, 15) is 28.2 Å². The van der Waals surface area contributed by atoms with Crippen LogP contribution in [0.5, 0.6) is 0 Å². The third-order valence-electron chi connectivity index (χ3n) is 3.72. The lowest BCUT2D eigenvalue weighted by molar-refractivity contribution is -0.151. The highest BCUT2D eigenvalue weighted by atomic mass is 35.5. The van der Waals surface area contributed by atoms with Gasteiger partial charge in [0.25, 0.3) is 11.8 Å². The van der Waals surface area contributed by atoms with E-state index in [4.69, 9.17) is 11.6 Å². The molecule has 0 saturated carbocycles. The molecule has 6 nitrogen and oxygen atoms in total. The van der Waals surface area contributed by atoms with E-state index in [0.29, 0.717) is 0 Å². The summed E-state index contributed by atoms with van der Waals surface area (Å²) in [6.07, 6.45) is -0.679. The monoisotopic (exact) mass is 397 g/mol. The lowest BCUT2D eigenvalue weighted by Crippen LogP contribution is -2.47. The fourth-order valence-corrected chi connectivity index (χ4v) is 1.86. The Bertz CT molecular complexity index is 646. The number of anilines is 1. The Kier molecular flexibility index (Phi) is 6.89. The molecule has 0 saturated heterocycles. The summed E-state index contributed by atoms with van der Waals surface area (Å²) in [6, 6.07) is 1.17. The first kappa shape index (κ1) is 22.5. The quantitative estimate of drug-likeness (QED) is 0.505. The summed E-state index contributed by atoms with van der Waals surface area (Å²) in [5.74, 6) is -4.28. The molecule has 148 valence electrons. The van der Waals surface area contributed by atoms with E-state index in [1.807, 2.05) is 0 Å². The maximum absolute atomic E-state index is 13.9. The van der Waals surface area contributed by atoms with Gasteiger partial charge in [0.1, 0.15) is 16.9 Å². The Morgan fingerprint density at radius 2 is 1.88 bits per heavy atom. The molecule has 0 aliphatic heterocycles. The average Bonchev–Trinajstić information content (AvgIpc) is 2.48. The van der Waals surface area contributed by atoms with Crippen molar-refractivity contribution in [3.8, 4) is 0 Å². The number of carbonyl (C=O) groups is 1. The molecular weight excluding hydrogens is 375 g/mol.